The maximum atomic E-state index is 10.7. The van der Waals surface area contributed by atoms with Gasteiger partial charge in [-0.15, -0.1) is 0 Å². The monoisotopic (exact) mass is 220 g/mol. The Kier molecular flexibility index (Phi) is 6.50. The standard InChI is InChI=1S/C14H20O2/c1-2-3-4-7-10-16-12-14-9-6-5-8-13(14)11-15/h5-6,8-9,11H,2-4,7,10,12H2,1H3. The van der Waals surface area contributed by atoms with E-state index in [-0.39, 0.29) is 0 Å². The van der Waals surface area contributed by atoms with Crippen molar-refractivity contribution in [3.05, 3.63) is 35.4 Å². The number of hydrogen-bond donors (Lipinski definition) is 0. The molecule has 0 spiro atoms. The molecular weight excluding hydrogens is 200 g/mol. The fourth-order valence-corrected chi connectivity index (χ4v) is 1.59. The second-order valence-electron chi connectivity index (χ2n) is 3.93. The van der Waals surface area contributed by atoms with Crippen LogP contribution >= 0.6 is 0 Å². The maximum Gasteiger partial charge on any atom is 0.150 e. The van der Waals surface area contributed by atoms with Crippen molar-refractivity contribution in [1.82, 2.24) is 0 Å². The summed E-state index contributed by atoms with van der Waals surface area (Å²) >= 11 is 0. The highest BCUT2D eigenvalue weighted by Gasteiger charge is 1.99. The molecule has 0 aromatic heterocycles. The van der Waals surface area contributed by atoms with E-state index in [0.29, 0.717) is 6.61 Å². The van der Waals surface area contributed by atoms with Crippen LogP contribution in [0.4, 0.5) is 0 Å². The molecule has 1 rings (SSSR count). The maximum absolute atomic E-state index is 10.7. The first-order valence-corrected chi connectivity index (χ1v) is 5.99. The molecule has 0 atom stereocenters. The van der Waals surface area contributed by atoms with Gasteiger partial charge in [0, 0.05) is 12.2 Å². The van der Waals surface area contributed by atoms with Crippen molar-refractivity contribution in [3.8, 4) is 0 Å². The number of hydrogen-bond acceptors (Lipinski definition) is 2. The Hall–Kier alpha value is -1.15. The smallest absolute Gasteiger partial charge is 0.150 e. The first kappa shape index (κ1) is 12.9. The minimum Gasteiger partial charge on any atom is -0.377 e. The summed E-state index contributed by atoms with van der Waals surface area (Å²) in [5.41, 5.74) is 1.71. The zero-order valence-electron chi connectivity index (χ0n) is 9.95. The molecule has 16 heavy (non-hydrogen) atoms. The first-order chi connectivity index (χ1) is 7.88. The molecule has 1 aromatic carbocycles. The lowest BCUT2D eigenvalue weighted by Gasteiger charge is -2.06. The number of ether oxygens (including phenoxy) is 1. The quantitative estimate of drug-likeness (QED) is 0.494. The first-order valence-electron chi connectivity index (χ1n) is 5.99. The van der Waals surface area contributed by atoms with Crippen LogP contribution in [0.25, 0.3) is 0 Å². The third kappa shape index (κ3) is 4.58. The van der Waals surface area contributed by atoms with Crippen LogP contribution in [0.2, 0.25) is 0 Å². The summed E-state index contributed by atoms with van der Waals surface area (Å²) in [6.07, 6.45) is 5.74. The Balaban J connectivity index is 2.23. The average molecular weight is 220 g/mol. The minimum absolute atomic E-state index is 0.543. The lowest BCUT2D eigenvalue weighted by atomic mass is 10.1. The van der Waals surface area contributed by atoms with Crippen molar-refractivity contribution in [2.75, 3.05) is 6.61 Å². The van der Waals surface area contributed by atoms with Crippen LogP contribution in [-0.2, 0) is 11.3 Å². The van der Waals surface area contributed by atoms with Gasteiger partial charge >= 0.3 is 0 Å². The van der Waals surface area contributed by atoms with Crippen molar-refractivity contribution in [1.29, 1.82) is 0 Å². The highest BCUT2D eigenvalue weighted by Crippen LogP contribution is 2.08. The SMILES string of the molecule is CCCCCCOCc1ccccc1C=O. The normalized spacial score (nSPS) is 10.3. The van der Waals surface area contributed by atoms with Crippen LogP contribution < -0.4 is 0 Å². The molecule has 1 aromatic rings. The molecule has 0 amide bonds. The number of aldehydes is 1. The third-order valence-corrected chi connectivity index (χ3v) is 2.58. The highest BCUT2D eigenvalue weighted by atomic mass is 16.5. The van der Waals surface area contributed by atoms with Crippen molar-refractivity contribution in [2.45, 2.75) is 39.2 Å². The van der Waals surface area contributed by atoms with Crippen LogP contribution in [0.5, 0.6) is 0 Å². The summed E-state index contributed by atoms with van der Waals surface area (Å²) in [5, 5.41) is 0. The van der Waals surface area contributed by atoms with Gasteiger partial charge in [-0.3, -0.25) is 4.79 Å². The molecule has 0 aliphatic carbocycles. The molecular formula is C14H20O2. The van der Waals surface area contributed by atoms with Crippen LogP contribution in [0.3, 0.4) is 0 Å². The van der Waals surface area contributed by atoms with E-state index in [9.17, 15) is 4.79 Å². The highest BCUT2D eigenvalue weighted by molar-refractivity contribution is 5.76. The Morgan fingerprint density at radius 1 is 1.19 bits per heavy atom. The van der Waals surface area contributed by atoms with Gasteiger partial charge in [0.15, 0.2) is 0 Å². The van der Waals surface area contributed by atoms with Gasteiger partial charge in [-0.2, -0.15) is 0 Å². The molecule has 0 heterocycles. The molecule has 2 nitrogen and oxygen atoms in total. The van der Waals surface area contributed by atoms with Crippen LogP contribution in [-0.4, -0.2) is 12.9 Å². The van der Waals surface area contributed by atoms with E-state index in [1.165, 1.54) is 19.3 Å². The van der Waals surface area contributed by atoms with Gasteiger partial charge in [-0.1, -0.05) is 50.5 Å². The Bertz CT molecular complexity index is 307. The summed E-state index contributed by atoms with van der Waals surface area (Å²) in [7, 11) is 0. The fourth-order valence-electron chi connectivity index (χ4n) is 1.59. The average Bonchev–Trinajstić information content (AvgIpc) is 2.34. The van der Waals surface area contributed by atoms with E-state index in [0.717, 1.165) is 30.4 Å². The molecule has 88 valence electrons. The Labute approximate surface area is 97.6 Å². The van der Waals surface area contributed by atoms with E-state index in [2.05, 4.69) is 6.92 Å². The molecule has 0 N–H and O–H groups in total. The van der Waals surface area contributed by atoms with Gasteiger partial charge in [0.05, 0.1) is 6.61 Å². The summed E-state index contributed by atoms with van der Waals surface area (Å²) in [4.78, 5) is 10.7. The van der Waals surface area contributed by atoms with Gasteiger partial charge in [0.25, 0.3) is 0 Å². The van der Waals surface area contributed by atoms with Crippen molar-refractivity contribution in [3.63, 3.8) is 0 Å². The van der Waals surface area contributed by atoms with Crippen molar-refractivity contribution < 1.29 is 9.53 Å². The summed E-state index contributed by atoms with van der Waals surface area (Å²) in [6.45, 7) is 3.52. The van der Waals surface area contributed by atoms with Crippen LogP contribution in [0.1, 0.15) is 48.5 Å². The lowest BCUT2D eigenvalue weighted by molar-refractivity contribution is 0.108. The van der Waals surface area contributed by atoms with E-state index in [1.807, 2.05) is 24.3 Å². The Morgan fingerprint density at radius 3 is 2.75 bits per heavy atom. The third-order valence-electron chi connectivity index (χ3n) is 2.58. The topological polar surface area (TPSA) is 26.3 Å². The van der Waals surface area contributed by atoms with Gasteiger partial charge in [0.2, 0.25) is 0 Å². The summed E-state index contributed by atoms with van der Waals surface area (Å²) < 4.78 is 5.55. The number of carbonyl (C=O) groups is 1. The van der Waals surface area contributed by atoms with Gasteiger partial charge < -0.3 is 4.74 Å². The molecule has 2 heteroatoms. The second kappa shape index (κ2) is 8.05. The Morgan fingerprint density at radius 2 is 2.00 bits per heavy atom. The van der Waals surface area contributed by atoms with Crippen molar-refractivity contribution in [2.24, 2.45) is 0 Å². The summed E-state index contributed by atoms with van der Waals surface area (Å²) in [5.74, 6) is 0. The number of unbranched alkanes of at least 4 members (excludes halogenated alkanes) is 3. The molecule has 0 bridgehead atoms. The van der Waals surface area contributed by atoms with Crippen molar-refractivity contribution >= 4 is 6.29 Å². The van der Waals surface area contributed by atoms with E-state index >= 15 is 0 Å². The van der Waals surface area contributed by atoms with E-state index in [4.69, 9.17) is 4.74 Å². The van der Waals surface area contributed by atoms with Gasteiger partial charge in [0.1, 0.15) is 6.29 Å². The predicted octanol–water partition coefficient (Wildman–Crippen LogP) is 3.60. The molecule has 0 unspecified atom stereocenters. The van der Waals surface area contributed by atoms with Gasteiger partial charge in [-0.05, 0) is 12.0 Å². The molecule has 0 aliphatic rings. The van der Waals surface area contributed by atoms with Gasteiger partial charge in [-0.25, -0.2) is 0 Å². The predicted molar refractivity (Wildman–Crippen MR) is 65.6 cm³/mol. The number of benzene rings is 1. The largest absolute Gasteiger partial charge is 0.377 e. The molecule has 0 saturated heterocycles. The zero-order chi connectivity index (χ0) is 11.6. The van der Waals surface area contributed by atoms with Crippen LogP contribution in [0, 0.1) is 0 Å². The number of rotatable bonds is 8. The van der Waals surface area contributed by atoms with Crippen LogP contribution in [0.15, 0.2) is 24.3 Å². The van der Waals surface area contributed by atoms with E-state index in [1.54, 1.807) is 0 Å². The fraction of sp³-hybridized carbons (Fsp3) is 0.500. The molecule has 0 saturated carbocycles. The second-order valence-corrected chi connectivity index (χ2v) is 3.93. The molecule has 0 aliphatic heterocycles. The minimum atomic E-state index is 0.543. The molecule has 0 radical (unpaired) electrons. The molecule has 0 fully saturated rings. The lowest BCUT2D eigenvalue weighted by Crippen LogP contribution is -1.98. The summed E-state index contributed by atoms with van der Waals surface area (Å²) in [6, 6.07) is 7.57. The number of carbonyl (C=O) groups excluding carboxylic acids is 1. The zero-order valence-corrected chi connectivity index (χ0v) is 9.95. The van der Waals surface area contributed by atoms with E-state index < -0.39 is 0 Å².